The molecule has 0 fully saturated rings. The second-order valence-corrected chi connectivity index (χ2v) is 6.61. The molecule has 2 rings (SSSR count). The highest BCUT2D eigenvalue weighted by Gasteiger charge is 2.39. The first kappa shape index (κ1) is 24.4. The molecule has 0 bridgehead atoms. The average molecular weight is 447 g/mol. The maximum atomic E-state index is 13.0. The fourth-order valence-electron chi connectivity index (χ4n) is 3.30. The summed E-state index contributed by atoms with van der Waals surface area (Å²) in [7, 11) is 1.38. The Morgan fingerprint density at radius 3 is 2.28 bits per heavy atom. The van der Waals surface area contributed by atoms with Crippen LogP contribution in [0.4, 0.5) is 10.5 Å². The highest BCUT2D eigenvalue weighted by atomic mass is 16.6. The zero-order valence-corrected chi connectivity index (χ0v) is 18.2. The molecular weight excluding hydrogens is 422 g/mol. The smallest absolute Gasteiger partial charge is 0.407 e. The lowest BCUT2D eigenvalue weighted by molar-refractivity contribution is -0.384. The number of alkyl carbamates (subject to hydrolysis) is 1. The molecule has 1 amide bonds. The van der Waals surface area contributed by atoms with Gasteiger partial charge in [-0.05, 0) is 26.3 Å². The Bertz CT molecular complexity index is 983. The van der Waals surface area contributed by atoms with E-state index in [4.69, 9.17) is 14.2 Å². The molecule has 0 saturated heterocycles. The number of dihydropyridines is 1. The van der Waals surface area contributed by atoms with Crippen molar-refractivity contribution < 1.29 is 33.5 Å². The Kier molecular flexibility index (Phi) is 8.33. The van der Waals surface area contributed by atoms with Gasteiger partial charge in [-0.25, -0.2) is 14.4 Å². The molecule has 1 aliphatic rings. The Hall–Kier alpha value is -3.89. The SMILES string of the molecule is CCOC(=O)C1=C(C)NC(COC(=O)NC)=C(C(=O)OCC)C1c1cccc([N+](=O)[O-])c1. The topological polar surface area (TPSA) is 146 Å². The zero-order valence-electron chi connectivity index (χ0n) is 18.2. The molecule has 11 heteroatoms. The fraction of sp³-hybridized carbons (Fsp3) is 0.381. The summed E-state index contributed by atoms with van der Waals surface area (Å²) in [6.07, 6.45) is -0.729. The van der Waals surface area contributed by atoms with Gasteiger partial charge in [0.05, 0.1) is 40.9 Å². The number of nitrogens with one attached hydrogen (secondary N) is 2. The van der Waals surface area contributed by atoms with Crippen molar-refractivity contribution >= 4 is 23.7 Å². The van der Waals surface area contributed by atoms with Crippen LogP contribution in [0.15, 0.2) is 46.8 Å². The van der Waals surface area contributed by atoms with Gasteiger partial charge in [-0.15, -0.1) is 0 Å². The number of amides is 1. The van der Waals surface area contributed by atoms with Gasteiger partial charge in [0.2, 0.25) is 0 Å². The number of allylic oxidation sites excluding steroid dienone is 1. The standard InChI is InChI=1S/C21H25N3O8/c1-5-30-19(25)16-12(3)23-15(11-32-21(27)22-4)18(20(26)31-6-2)17(16)13-8-7-9-14(10-13)24(28)29/h7-10,17,23H,5-6,11H2,1-4H3,(H,22,27). The molecule has 32 heavy (non-hydrogen) atoms. The number of ether oxygens (including phenoxy) is 3. The Morgan fingerprint density at radius 2 is 1.72 bits per heavy atom. The summed E-state index contributed by atoms with van der Waals surface area (Å²) in [4.78, 5) is 48.2. The van der Waals surface area contributed by atoms with Crippen molar-refractivity contribution in [1.29, 1.82) is 0 Å². The third kappa shape index (κ3) is 5.42. The molecule has 2 N–H and O–H groups in total. The third-order valence-corrected chi connectivity index (χ3v) is 4.60. The van der Waals surface area contributed by atoms with Crippen molar-refractivity contribution in [3.05, 3.63) is 62.5 Å². The number of carbonyl (C=O) groups excluding carboxylic acids is 3. The molecule has 0 spiro atoms. The van der Waals surface area contributed by atoms with Gasteiger partial charge in [-0.2, -0.15) is 0 Å². The Balaban J connectivity index is 2.73. The van der Waals surface area contributed by atoms with E-state index in [0.717, 1.165) is 0 Å². The summed E-state index contributed by atoms with van der Waals surface area (Å²) in [5, 5.41) is 16.6. The maximum Gasteiger partial charge on any atom is 0.407 e. The van der Waals surface area contributed by atoms with E-state index in [1.54, 1.807) is 26.8 Å². The van der Waals surface area contributed by atoms with Crippen molar-refractivity contribution in [2.24, 2.45) is 0 Å². The molecule has 1 aliphatic heterocycles. The Labute approximate surface area is 184 Å². The van der Waals surface area contributed by atoms with E-state index in [0.29, 0.717) is 11.3 Å². The number of hydrogen-bond donors (Lipinski definition) is 2. The second kappa shape index (κ2) is 10.9. The average Bonchev–Trinajstić information content (AvgIpc) is 2.76. The van der Waals surface area contributed by atoms with E-state index < -0.39 is 28.9 Å². The molecule has 1 atom stereocenters. The first-order valence-electron chi connectivity index (χ1n) is 9.88. The van der Waals surface area contributed by atoms with Crippen LogP contribution in [0.25, 0.3) is 0 Å². The summed E-state index contributed by atoms with van der Waals surface area (Å²) in [5.74, 6) is -2.50. The van der Waals surface area contributed by atoms with Crippen LogP contribution < -0.4 is 10.6 Å². The van der Waals surface area contributed by atoms with Gasteiger partial charge in [-0.3, -0.25) is 10.1 Å². The molecule has 0 radical (unpaired) electrons. The van der Waals surface area contributed by atoms with Gasteiger partial charge in [0.25, 0.3) is 5.69 Å². The van der Waals surface area contributed by atoms with Crippen molar-refractivity contribution in [2.45, 2.75) is 26.7 Å². The fourth-order valence-corrected chi connectivity index (χ4v) is 3.30. The van der Waals surface area contributed by atoms with E-state index in [-0.39, 0.29) is 42.4 Å². The van der Waals surface area contributed by atoms with Gasteiger partial charge in [0.15, 0.2) is 0 Å². The minimum Gasteiger partial charge on any atom is -0.463 e. The second-order valence-electron chi connectivity index (χ2n) is 6.61. The Morgan fingerprint density at radius 1 is 1.09 bits per heavy atom. The summed E-state index contributed by atoms with van der Waals surface area (Å²) in [6, 6.07) is 5.59. The molecule has 0 saturated carbocycles. The van der Waals surface area contributed by atoms with Gasteiger partial charge >= 0.3 is 18.0 Å². The van der Waals surface area contributed by atoms with Crippen molar-refractivity contribution in [1.82, 2.24) is 10.6 Å². The molecule has 1 heterocycles. The van der Waals surface area contributed by atoms with E-state index in [9.17, 15) is 24.5 Å². The van der Waals surface area contributed by atoms with Crippen LogP contribution in [0.3, 0.4) is 0 Å². The molecule has 0 aliphatic carbocycles. The minimum absolute atomic E-state index is 0.00935. The number of hydrogen-bond acceptors (Lipinski definition) is 9. The predicted octanol–water partition coefficient (Wildman–Crippen LogP) is 2.29. The first-order valence-corrected chi connectivity index (χ1v) is 9.88. The minimum atomic E-state index is -1.04. The van der Waals surface area contributed by atoms with E-state index in [1.807, 2.05) is 0 Å². The number of non-ortho nitro benzene ring substituents is 1. The van der Waals surface area contributed by atoms with Gasteiger partial charge < -0.3 is 24.8 Å². The number of nitrogens with zero attached hydrogens (tertiary/aromatic N) is 1. The zero-order chi connectivity index (χ0) is 23.8. The van der Waals surface area contributed by atoms with Crippen LogP contribution in [0.1, 0.15) is 32.3 Å². The lowest BCUT2D eigenvalue weighted by atomic mass is 9.80. The number of esters is 2. The lowest BCUT2D eigenvalue weighted by Gasteiger charge is -2.31. The first-order chi connectivity index (χ1) is 15.2. The highest BCUT2D eigenvalue weighted by Crippen LogP contribution is 2.40. The molecule has 1 aromatic rings. The van der Waals surface area contributed by atoms with Crippen molar-refractivity contribution in [3.8, 4) is 0 Å². The summed E-state index contributed by atoms with van der Waals surface area (Å²) < 4.78 is 15.5. The number of carbonyl (C=O) groups is 3. The van der Waals surface area contributed by atoms with E-state index in [2.05, 4.69) is 10.6 Å². The monoisotopic (exact) mass is 447 g/mol. The maximum absolute atomic E-state index is 13.0. The molecule has 0 aromatic heterocycles. The van der Waals surface area contributed by atoms with Crippen molar-refractivity contribution in [2.75, 3.05) is 26.9 Å². The molecule has 1 unspecified atom stereocenters. The highest BCUT2D eigenvalue weighted by molar-refractivity contribution is 6.00. The quantitative estimate of drug-likeness (QED) is 0.265. The van der Waals surface area contributed by atoms with Crippen LogP contribution in [-0.2, 0) is 23.8 Å². The van der Waals surface area contributed by atoms with Gasteiger partial charge in [-0.1, -0.05) is 12.1 Å². The number of nitro benzene ring substituents is 1. The van der Waals surface area contributed by atoms with Crippen LogP contribution >= 0.6 is 0 Å². The molecule has 172 valence electrons. The molecular formula is C21H25N3O8. The van der Waals surface area contributed by atoms with Crippen LogP contribution in [-0.4, -0.2) is 49.8 Å². The lowest BCUT2D eigenvalue weighted by Crippen LogP contribution is -2.35. The summed E-state index contributed by atoms with van der Waals surface area (Å²) in [6.45, 7) is 4.65. The molecule has 11 nitrogen and oxygen atoms in total. The predicted molar refractivity (Wildman–Crippen MR) is 112 cm³/mol. The van der Waals surface area contributed by atoms with Crippen LogP contribution in [0.5, 0.6) is 0 Å². The van der Waals surface area contributed by atoms with E-state index >= 15 is 0 Å². The summed E-state index contributed by atoms with van der Waals surface area (Å²) in [5.41, 5.74) is 0.721. The third-order valence-electron chi connectivity index (χ3n) is 4.60. The largest absolute Gasteiger partial charge is 0.463 e. The van der Waals surface area contributed by atoms with Gasteiger partial charge in [0.1, 0.15) is 6.61 Å². The number of nitro groups is 1. The number of rotatable bonds is 8. The summed E-state index contributed by atoms with van der Waals surface area (Å²) >= 11 is 0. The van der Waals surface area contributed by atoms with Crippen molar-refractivity contribution in [3.63, 3.8) is 0 Å². The van der Waals surface area contributed by atoms with E-state index in [1.165, 1.54) is 25.2 Å². The molecule has 1 aromatic carbocycles. The van der Waals surface area contributed by atoms with Gasteiger partial charge in [0, 0.05) is 24.9 Å². The number of benzene rings is 1. The van der Waals surface area contributed by atoms with Crippen LogP contribution in [0.2, 0.25) is 0 Å². The van der Waals surface area contributed by atoms with Crippen LogP contribution in [0, 0.1) is 10.1 Å². The normalized spacial score (nSPS) is 15.6.